The first-order valence-electron chi connectivity index (χ1n) is 4.39. The van der Waals surface area contributed by atoms with Crippen LogP contribution in [0.5, 0.6) is 0 Å². The van der Waals surface area contributed by atoms with Gasteiger partial charge in [-0.25, -0.2) is 5.14 Å². The summed E-state index contributed by atoms with van der Waals surface area (Å²) >= 11 is 0. The van der Waals surface area contributed by atoms with E-state index in [-0.39, 0.29) is 0 Å². The van der Waals surface area contributed by atoms with Crippen molar-refractivity contribution in [1.29, 1.82) is 0 Å². The molecule has 1 fully saturated rings. The monoisotopic (exact) mass is 208 g/mol. The van der Waals surface area contributed by atoms with Gasteiger partial charge in [0.2, 0.25) is 0 Å². The summed E-state index contributed by atoms with van der Waals surface area (Å²) in [6.07, 6.45) is 0.923. The molecule has 1 rings (SSSR count). The molecule has 0 aromatic heterocycles. The van der Waals surface area contributed by atoms with Crippen molar-refractivity contribution in [3.8, 4) is 0 Å². The van der Waals surface area contributed by atoms with Crippen molar-refractivity contribution < 1.29 is 13.2 Å². The third kappa shape index (κ3) is 3.22. The molecule has 2 N–H and O–H groups in total. The standard InChI is InChI=1S/C7H16N2O3S/c1-2-9(13(8,10)11)5-7-3-4-12-6-7/h7H,2-6H2,1H3,(H2,8,10,11). The summed E-state index contributed by atoms with van der Waals surface area (Å²) in [4.78, 5) is 0. The summed E-state index contributed by atoms with van der Waals surface area (Å²) < 4.78 is 28.5. The molecule has 13 heavy (non-hydrogen) atoms. The lowest BCUT2D eigenvalue weighted by Crippen LogP contribution is -2.39. The minimum Gasteiger partial charge on any atom is -0.381 e. The largest absolute Gasteiger partial charge is 0.381 e. The topological polar surface area (TPSA) is 72.6 Å². The van der Waals surface area contributed by atoms with Gasteiger partial charge in [-0.05, 0) is 12.3 Å². The molecule has 5 nitrogen and oxygen atoms in total. The quantitative estimate of drug-likeness (QED) is 0.680. The Morgan fingerprint density at radius 1 is 1.62 bits per heavy atom. The molecule has 1 unspecified atom stereocenters. The van der Waals surface area contributed by atoms with Crippen molar-refractivity contribution in [2.45, 2.75) is 13.3 Å². The Morgan fingerprint density at radius 2 is 2.31 bits per heavy atom. The first-order valence-corrected chi connectivity index (χ1v) is 5.90. The Kier molecular flexibility index (Phi) is 3.66. The van der Waals surface area contributed by atoms with Gasteiger partial charge in [0.25, 0.3) is 10.2 Å². The van der Waals surface area contributed by atoms with Gasteiger partial charge in [0.05, 0.1) is 6.61 Å². The normalized spacial score (nSPS) is 24.1. The first kappa shape index (κ1) is 10.9. The van der Waals surface area contributed by atoms with E-state index in [0.717, 1.165) is 13.0 Å². The maximum Gasteiger partial charge on any atom is 0.276 e. The van der Waals surface area contributed by atoms with E-state index in [4.69, 9.17) is 9.88 Å². The molecule has 0 saturated carbocycles. The third-order valence-corrected chi connectivity index (χ3v) is 3.33. The van der Waals surface area contributed by atoms with Gasteiger partial charge in [-0.2, -0.15) is 12.7 Å². The number of hydrogen-bond donors (Lipinski definition) is 1. The Bertz CT molecular complexity index is 246. The minimum absolute atomic E-state index is 0.304. The summed E-state index contributed by atoms with van der Waals surface area (Å²) in [6.45, 7) is 4.06. The van der Waals surface area contributed by atoms with Gasteiger partial charge >= 0.3 is 0 Å². The van der Waals surface area contributed by atoms with E-state index >= 15 is 0 Å². The van der Waals surface area contributed by atoms with Gasteiger partial charge in [-0.1, -0.05) is 6.92 Å². The Labute approximate surface area is 79.0 Å². The van der Waals surface area contributed by atoms with Gasteiger partial charge in [-0.15, -0.1) is 0 Å². The lowest BCUT2D eigenvalue weighted by atomic mass is 10.1. The molecule has 0 spiro atoms. The zero-order chi connectivity index (χ0) is 9.90. The van der Waals surface area contributed by atoms with Gasteiger partial charge in [0.15, 0.2) is 0 Å². The second kappa shape index (κ2) is 4.36. The van der Waals surface area contributed by atoms with E-state index in [1.54, 1.807) is 6.92 Å². The Morgan fingerprint density at radius 3 is 2.69 bits per heavy atom. The van der Waals surface area contributed by atoms with Gasteiger partial charge in [-0.3, -0.25) is 0 Å². The van der Waals surface area contributed by atoms with Crippen molar-refractivity contribution in [3.05, 3.63) is 0 Å². The van der Waals surface area contributed by atoms with Gasteiger partial charge in [0.1, 0.15) is 0 Å². The molecule has 0 aromatic carbocycles. The fourth-order valence-electron chi connectivity index (χ4n) is 1.43. The number of ether oxygens (including phenoxy) is 1. The molecule has 0 radical (unpaired) electrons. The average molecular weight is 208 g/mol. The SMILES string of the molecule is CCN(CC1CCOC1)S(N)(=O)=O. The van der Waals surface area contributed by atoms with Crippen molar-refractivity contribution in [2.75, 3.05) is 26.3 Å². The molecule has 1 aliphatic heterocycles. The van der Waals surface area contributed by atoms with Crippen LogP contribution < -0.4 is 5.14 Å². The lowest BCUT2D eigenvalue weighted by molar-refractivity contribution is 0.181. The maximum atomic E-state index is 11.0. The number of nitrogens with two attached hydrogens (primary N) is 1. The highest BCUT2D eigenvalue weighted by molar-refractivity contribution is 7.86. The van der Waals surface area contributed by atoms with Crippen LogP contribution in [-0.4, -0.2) is 39.0 Å². The van der Waals surface area contributed by atoms with Gasteiger partial charge in [0, 0.05) is 19.7 Å². The molecule has 1 saturated heterocycles. The summed E-state index contributed by atoms with van der Waals surface area (Å²) in [5, 5.41) is 5.03. The van der Waals surface area contributed by atoms with E-state index in [2.05, 4.69) is 0 Å². The van der Waals surface area contributed by atoms with Crippen LogP contribution in [0, 0.1) is 5.92 Å². The molecule has 0 aromatic rings. The van der Waals surface area contributed by atoms with Crippen molar-refractivity contribution in [1.82, 2.24) is 4.31 Å². The van der Waals surface area contributed by atoms with Crippen LogP contribution in [-0.2, 0) is 14.9 Å². The molecule has 6 heteroatoms. The predicted molar refractivity (Wildman–Crippen MR) is 49.3 cm³/mol. The van der Waals surface area contributed by atoms with Gasteiger partial charge < -0.3 is 4.74 Å². The second-order valence-electron chi connectivity index (χ2n) is 3.23. The summed E-state index contributed by atoms with van der Waals surface area (Å²) in [6, 6.07) is 0. The summed E-state index contributed by atoms with van der Waals surface area (Å²) in [5.41, 5.74) is 0. The molecular weight excluding hydrogens is 192 g/mol. The lowest BCUT2D eigenvalue weighted by Gasteiger charge is -2.20. The number of hydrogen-bond acceptors (Lipinski definition) is 3. The van der Waals surface area contributed by atoms with Crippen LogP contribution in [0.1, 0.15) is 13.3 Å². The average Bonchev–Trinajstić information content (AvgIpc) is 2.49. The summed E-state index contributed by atoms with van der Waals surface area (Å²) in [5.74, 6) is 0.304. The highest BCUT2D eigenvalue weighted by Crippen LogP contribution is 2.14. The molecule has 1 atom stereocenters. The van der Waals surface area contributed by atoms with E-state index < -0.39 is 10.2 Å². The van der Waals surface area contributed by atoms with Crippen LogP contribution in [0.3, 0.4) is 0 Å². The molecule has 1 aliphatic rings. The molecule has 78 valence electrons. The molecule has 1 heterocycles. The van der Waals surface area contributed by atoms with Crippen LogP contribution in [0.4, 0.5) is 0 Å². The van der Waals surface area contributed by atoms with Crippen molar-refractivity contribution in [2.24, 2.45) is 11.1 Å². The number of nitrogens with zero attached hydrogens (tertiary/aromatic N) is 1. The molecule has 0 aliphatic carbocycles. The highest BCUT2D eigenvalue weighted by atomic mass is 32.2. The third-order valence-electron chi connectivity index (χ3n) is 2.20. The van der Waals surface area contributed by atoms with Crippen LogP contribution in [0.15, 0.2) is 0 Å². The van der Waals surface area contributed by atoms with E-state index in [9.17, 15) is 8.42 Å². The van der Waals surface area contributed by atoms with Crippen LogP contribution in [0.2, 0.25) is 0 Å². The van der Waals surface area contributed by atoms with E-state index in [1.165, 1.54) is 4.31 Å². The smallest absolute Gasteiger partial charge is 0.276 e. The van der Waals surface area contributed by atoms with Crippen molar-refractivity contribution >= 4 is 10.2 Å². The fourth-order valence-corrected chi connectivity index (χ4v) is 2.21. The maximum absolute atomic E-state index is 11.0. The van der Waals surface area contributed by atoms with E-state index in [0.29, 0.717) is 25.6 Å². The van der Waals surface area contributed by atoms with Crippen molar-refractivity contribution in [3.63, 3.8) is 0 Å². The highest BCUT2D eigenvalue weighted by Gasteiger charge is 2.23. The molecule has 0 amide bonds. The Balaban J connectivity index is 2.48. The predicted octanol–water partition coefficient (Wildman–Crippen LogP) is -0.452. The molecule has 0 bridgehead atoms. The van der Waals surface area contributed by atoms with E-state index in [1.807, 2.05) is 0 Å². The van der Waals surface area contributed by atoms with Crippen LogP contribution in [0.25, 0.3) is 0 Å². The zero-order valence-corrected chi connectivity index (χ0v) is 8.59. The Hall–Kier alpha value is -0.170. The molecular formula is C7H16N2O3S. The van der Waals surface area contributed by atoms with Crippen LogP contribution >= 0.6 is 0 Å². The first-order chi connectivity index (χ1) is 6.04. The zero-order valence-electron chi connectivity index (χ0n) is 7.77. The fraction of sp³-hybridized carbons (Fsp3) is 1.00. The number of rotatable bonds is 4. The second-order valence-corrected chi connectivity index (χ2v) is 4.77. The summed E-state index contributed by atoms with van der Waals surface area (Å²) in [7, 11) is -3.52. The minimum atomic E-state index is -3.52.